The fourth-order valence-electron chi connectivity index (χ4n) is 2.77. The van der Waals surface area contributed by atoms with Gasteiger partial charge in [-0.25, -0.2) is 4.68 Å². The number of hydrogen-bond donors (Lipinski definition) is 1. The maximum Gasteiger partial charge on any atom is 0.239 e. The Morgan fingerprint density at radius 2 is 1.92 bits per heavy atom. The van der Waals surface area contributed by atoms with E-state index in [1.807, 2.05) is 56.1 Å². The third kappa shape index (κ3) is 4.39. The van der Waals surface area contributed by atoms with Crippen LogP contribution in [0, 0.1) is 20.8 Å². The van der Waals surface area contributed by atoms with Crippen molar-refractivity contribution in [2.24, 2.45) is 0 Å². The van der Waals surface area contributed by atoms with Gasteiger partial charge in [-0.2, -0.15) is 5.10 Å². The lowest BCUT2D eigenvalue weighted by atomic mass is 10.2. The zero-order chi connectivity index (χ0) is 18.7. The van der Waals surface area contributed by atoms with E-state index < -0.39 is 0 Å². The molecule has 136 valence electrons. The van der Waals surface area contributed by atoms with Crippen LogP contribution in [0.25, 0.3) is 5.69 Å². The Morgan fingerprint density at radius 3 is 2.58 bits per heavy atom. The molecule has 0 aliphatic heterocycles. The topological polar surface area (TPSA) is 50.2 Å². The standard InChI is InChI=1S/C20H24N4OS/c1-14-5-7-17(8-6-14)24-19(11-16(3)22-24)21-20(25)13-23(4)12-18-15(2)9-10-26-18/h5-11H,12-13H2,1-4H3,(H,21,25). The van der Waals surface area contributed by atoms with Crippen molar-refractivity contribution < 1.29 is 4.79 Å². The highest BCUT2D eigenvalue weighted by molar-refractivity contribution is 7.10. The van der Waals surface area contributed by atoms with Crippen molar-refractivity contribution in [1.29, 1.82) is 0 Å². The van der Waals surface area contributed by atoms with Gasteiger partial charge in [0.15, 0.2) is 0 Å². The first-order chi connectivity index (χ1) is 12.4. The minimum absolute atomic E-state index is 0.0463. The number of nitrogens with zero attached hydrogens (tertiary/aromatic N) is 3. The molecule has 3 aromatic rings. The number of carbonyl (C=O) groups is 1. The van der Waals surface area contributed by atoms with Gasteiger partial charge in [-0.15, -0.1) is 11.3 Å². The van der Waals surface area contributed by atoms with E-state index in [-0.39, 0.29) is 5.91 Å². The number of aryl methyl sites for hydroxylation is 3. The molecule has 1 N–H and O–H groups in total. The largest absolute Gasteiger partial charge is 0.309 e. The number of nitrogens with one attached hydrogen (secondary N) is 1. The summed E-state index contributed by atoms with van der Waals surface area (Å²) in [5.41, 5.74) is 4.26. The van der Waals surface area contributed by atoms with Gasteiger partial charge in [-0.1, -0.05) is 17.7 Å². The maximum absolute atomic E-state index is 12.5. The summed E-state index contributed by atoms with van der Waals surface area (Å²) in [6, 6.07) is 12.1. The van der Waals surface area contributed by atoms with E-state index >= 15 is 0 Å². The molecule has 2 heterocycles. The Hall–Kier alpha value is -2.44. The quantitative estimate of drug-likeness (QED) is 0.717. The SMILES string of the molecule is Cc1ccc(-n2nc(C)cc2NC(=O)CN(C)Cc2sccc2C)cc1. The predicted octanol–water partition coefficient (Wildman–Crippen LogP) is 3.93. The lowest BCUT2D eigenvalue weighted by molar-refractivity contribution is -0.117. The van der Waals surface area contributed by atoms with Crippen LogP contribution < -0.4 is 5.32 Å². The fraction of sp³-hybridized carbons (Fsp3) is 0.300. The number of likely N-dealkylation sites (N-methyl/N-ethyl adjacent to an activating group) is 1. The van der Waals surface area contributed by atoms with E-state index in [0.29, 0.717) is 12.4 Å². The first kappa shape index (κ1) is 18.4. The molecule has 0 atom stereocenters. The van der Waals surface area contributed by atoms with E-state index in [2.05, 4.69) is 28.8 Å². The third-order valence-corrected chi connectivity index (χ3v) is 5.18. The summed E-state index contributed by atoms with van der Waals surface area (Å²) < 4.78 is 1.77. The summed E-state index contributed by atoms with van der Waals surface area (Å²) in [5.74, 6) is 0.645. The van der Waals surface area contributed by atoms with E-state index in [1.54, 1.807) is 16.0 Å². The molecule has 6 heteroatoms. The Balaban J connectivity index is 1.67. The zero-order valence-electron chi connectivity index (χ0n) is 15.6. The molecule has 2 aromatic heterocycles. The number of rotatable bonds is 6. The third-order valence-electron chi connectivity index (χ3n) is 4.17. The van der Waals surface area contributed by atoms with Gasteiger partial charge >= 0.3 is 0 Å². The molecule has 0 fully saturated rings. The molecule has 0 spiro atoms. The van der Waals surface area contributed by atoms with Crippen molar-refractivity contribution in [3.63, 3.8) is 0 Å². The smallest absolute Gasteiger partial charge is 0.239 e. The summed E-state index contributed by atoms with van der Waals surface area (Å²) in [5, 5.41) is 9.58. The van der Waals surface area contributed by atoms with Crippen LogP contribution in [-0.2, 0) is 11.3 Å². The van der Waals surface area contributed by atoms with Gasteiger partial charge in [0, 0.05) is 17.5 Å². The van der Waals surface area contributed by atoms with Crippen LogP contribution >= 0.6 is 11.3 Å². The Morgan fingerprint density at radius 1 is 1.19 bits per heavy atom. The number of amides is 1. The van der Waals surface area contributed by atoms with Crippen molar-refractivity contribution in [1.82, 2.24) is 14.7 Å². The van der Waals surface area contributed by atoms with Crippen molar-refractivity contribution in [3.8, 4) is 5.69 Å². The first-order valence-corrected chi connectivity index (χ1v) is 9.45. The molecule has 5 nitrogen and oxygen atoms in total. The van der Waals surface area contributed by atoms with Crippen molar-refractivity contribution in [3.05, 3.63) is 63.5 Å². The first-order valence-electron chi connectivity index (χ1n) is 8.57. The fourth-order valence-corrected chi connectivity index (χ4v) is 3.75. The summed E-state index contributed by atoms with van der Waals surface area (Å²) in [6.07, 6.45) is 0. The van der Waals surface area contributed by atoms with Crippen molar-refractivity contribution in [2.45, 2.75) is 27.3 Å². The molecule has 1 amide bonds. The van der Waals surface area contributed by atoms with E-state index in [1.165, 1.54) is 16.0 Å². The Labute approximate surface area is 158 Å². The molecule has 3 rings (SSSR count). The maximum atomic E-state index is 12.5. The number of anilines is 1. The Kier molecular flexibility index (Phi) is 5.54. The second-order valence-electron chi connectivity index (χ2n) is 6.67. The van der Waals surface area contributed by atoms with E-state index in [4.69, 9.17) is 0 Å². The van der Waals surface area contributed by atoms with Crippen LogP contribution in [0.1, 0.15) is 21.7 Å². The number of hydrogen-bond acceptors (Lipinski definition) is 4. The predicted molar refractivity (Wildman–Crippen MR) is 107 cm³/mol. The average molecular weight is 369 g/mol. The van der Waals surface area contributed by atoms with Crippen LogP contribution in [0.3, 0.4) is 0 Å². The summed E-state index contributed by atoms with van der Waals surface area (Å²) in [7, 11) is 1.96. The summed E-state index contributed by atoms with van der Waals surface area (Å²) >= 11 is 1.73. The van der Waals surface area contributed by atoms with Gasteiger partial charge in [0.05, 0.1) is 17.9 Å². The van der Waals surface area contributed by atoms with E-state index in [0.717, 1.165) is 17.9 Å². The van der Waals surface area contributed by atoms with Gasteiger partial charge in [0.25, 0.3) is 0 Å². The molecule has 0 saturated carbocycles. The molecular formula is C20H24N4OS. The average Bonchev–Trinajstić information content (AvgIpc) is 3.14. The highest BCUT2D eigenvalue weighted by atomic mass is 32.1. The molecule has 26 heavy (non-hydrogen) atoms. The molecule has 0 aliphatic rings. The minimum atomic E-state index is -0.0463. The van der Waals surface area contributed by atoms with Gasteiger partial charge in [0.1, 0.15) is 5.82 Å². The highest BCUT2D eigenvalue weighted by Gasteiger charge is 2.13. The number of benzene rings is 1. The van der Waals surface area contributed by atoms with Gasteiger partial charge in [-0.3, -0.25) is 9.69 Å². The van der Waals surface area contributed by atoms with Crippen LogP contribution in [0.5, 0.6) is 0 Å². The lowest BCUT2D eigenvalue weighted by Gasteiger charge is -2.16. The van der Waals surface area contributed by atoms with Crippen LogP contribution in [0.4, 0.5) is 5.82 Å². The van der Waals surface area contributed by atoms with Crippen LogP contribution in [-0.4, -0.2) is 34.2 Å². The van der Waals surface area contributed by atoms with Crippen molar-refractivity contribution >= 4 is 23.1 Å². The molecule has 1 aromatic carbocycles. The normalized spacial score (nSPS) is 11.1. The number of aromatic nitrogens is 2. The molecule has 0 saturated heterocycles. The van der Waals surface area contributed by atoms with E-state index in [9.17, 15) is 4.79 Å². The Bertz CT molecular complexity index is 895. The molecular weight excluding hydrogens is 344 g/mol. The summed E-state index contributed by atoms with van der Waals surface area (Å²) in [4.78, 5) is 15.8. The number of thiophene rings is 1. The van der Waals surface area contributed by atoms with Gasteiger partial charge < -0.3 is 5.32 Å². The van der Waals surface area contributed by atoms with Crippen LogP contribution in [0.15, 0.2) is 41.8 Å². The molecule has 0 radical (unpaired) electrons. The zero-order valence-corrected chi connectivity index (χ0v) is 16.4. The van der Waals surface area contributed by atoms with Crippen molar-refractivity contribution in [2.75, 3.05) is 18.9 Å². The molecule has 0 aliphatic carbocycles. The number of carbonyl (C=O) groups excluding carboxylic acids is 1. The van der Waals surface area contributed by atoms with Gasteiger partial charge in [-0.05, 0) is 57.0 Å². The second kappa shape index (κ2) is 7.85. The lowest BCUT2D eigenvalue weighted by Crippen LogP contribution is -2.30. The molecule has 0 bridgehead atoms. The minimum Gasteiger partial charge on any atom is -0.309 e. The monoisotopic (exact) mass is 368 g/mol. The highest BCUT2D eigenvalue weighted by Crippen LogP contribution is 2.19. The molecule has 0 unspecified atom stereocenters. The summed E-state index contributed by atoms with van der Waals surface area (Å²) in [6.45, 7) is 7.17. The second-order valence-corrected chi connectivity index (χ2v) is 7.67. The van der Waals surface area contributed by atoms with Gasteiger partial charge in [0.2, 0.25) is 5.91 Å². The van der Waals surface area contributed by atoms with Crippen LogP contribution in [0.2, 0.25) is 0 Å².